The summed E-state index contributed by atoms with van der Waals surface area (Å²) in [7, 11) is 4.04. The van der Waals surface area contributed by atoms with Crippen LogP contribution in [0, 0.1) is 5.92 Å². The summed E-state index contributed by atoms with van der Waals surface area (Å²) in [5.41, 5.74) is 1.33. The number of likely N-dealkylation sites (N-methyl/N-ethyl adjacent to an activating group) is 1. The summed E-state index contributed by atoms with van der Waals surface area (Å²) in [4.78, 5) is 20.5. The normalized spacial score (nSPS) is 16.7. The second-order valence-electron chi connectivity index (χ2n) is 6.77. The highest BCUT2D eigenvalue weighted by Gasteiger charge is 2.19. The zero-order valence-corrected chi connectivity index (χ0v) is 14.5. The fraction of sp³-hybridized carbons (Fsp3) is 0.667. The predicted molar refractivity (Wildman–Crippen MR) is 93.0 cm³/mol. The molecule has 5 nitrogen and oxygen atoms in total. The number of nitrogens with one attached hydrogen (secondary N) is 1. The quantitative estimate of drug-likeness (QED) is 0.793. The van der Waals surface area contributed by atoms with Gasteiger partial charge in [0.25, 0.3) is 0 Å². The number of piperidine rings is 1. The minimum atomic E-state index is 0.200. The number of pyridine rings is 1. The molecule has 1 aliphatic heterocycles. The molecule has 128 valence electrons. The van der Waals surface area contributed by atoms with Crippen LogP contribution in [0.2, 0.25) is 0 Å². The van der Waals surface area contributed by atoms with Gasteiger partial charge in [0.1, 0.15) is 0 Å². The lowest BCUT2D eigenvalue weighted by Gasteiger charge is -2.31. The number of nitrogens with zero attached hydrogens (tertiary/aromatic N) is 3. The number of hydrogen-bond acceptors (Lipinski definition) is 4. The van der Waals surface area contributed by atoms with Crippen molar-refractivity contribution in [3.05, 3.63) is 30.1 Å². The summed E-state index contributed by atoms with van der Waals surface area (Å²) in [6, 6.07) is 4.17. The summed E-state index contributed by atoms with van der Waals surface area (Å²) in [6.45, 7) is 4.93. The van der Waals surface area contributed by atoms with Gasteiger partial charge in [0.05, 0.1) is 0 Å². The standard InChI is InChI=1S/C18H30N4O/c1-21(2)14-11-20-18(23)4-3-16-7-12-22(13-8-16)15-17-5-9-19-10-6-17/h5-6,9-10,16H,3-4,7-8,11-15H2,1-2H3,(H,20,23). The smallest absolute Gasteiger partial charge is 0.220 e. The number of amides is 1. The van der Waals surface area contributed by atoms with E-state index in [9.17, 15) is 4.79 Å². The lowest BCUT2D eigenvalue weighted by molar-refractivity contribution is -0.121. The topological polar surface area (TPSA) is 48.5 Å². The number of likely N-dealkylation sites (tertiary alicyclic amines) is 1. The number of carbonyl (C=O) groups excluding carboxylic acids is 1. The van der Waals surface area contributed by atoms with Gasteiger partial charge in [-0.1, -0.05) is 0 Å². The molecule has 1 aromatic rings. The van der Waals surface area contributed by atoms with Crippen LogP contribution in [-0.2, 0) is 11.3 Å². The van der Waals surface area contributed by atoms with Crippen molar-refractivity contribution >= 4 is 5.91 Å². The molecule has 0 saturated carbocycles. The molecule has 0 radical (unpaired) electrons. The molecule has 5 heteroatoms. The van der Waals surface area contributed by atoms with Gasteiger partial charge in [-0.15, -0.1) is 0 Å². The van der Waals surface area contributed by atoms with Crippen molar-refractivity contribution in [3.8, 4) is 0 Å². The van der Waals surface area contributed by atoms with E-state index in [1.54, 1.807) is 0 Å². The zero-order valence-electron chi connectivity index (χ0n) is 14.5. The summed E-state index contributed by atoms with van der Waals surface area (Å²) < 4.78 is 0. The molecule has 0 bridgehead atoms. The Balaban J connectivity index is 1.58. The van der Waals surface area contributed by atoms with E-state index in [0.29, 0.717) is 12.3 Å². The molecule has 1 N–H and O–H groups in total. The second kappa shape index (κ2) is 9.63. The van der Waals surface area contributed by atoms with Crippen LogP contribution in [0.15, 0.2) is 24.5 Å². The van der Waals surface area contributed by atoms with Crippen molar-refractivity contribution in [2.75, 3.05) is 40.3 Å². The Kier molecular flexibility index (Phi) is 7.49. The molecule has 0 aromatic carbocycles. The van der Waals surface area contributed by atoms with Crippen LogP contribution in [0.25, 0.3) is 0 Å². The number of carbonyl (C=O) groups is 1. The summed E-state index contributed by atoms with van der Waals surface area (Å²) in [5, 5.41) is 3.00. The molecular weight excluding hydrogens is 288 g/mol. The first-order valence-electron chi connectivity index (χ1n) is 8.66. The van der Waals surface area contributed by atoms with Crippen LogP contribution in [0.3, 0.4) is 0 Å². The lowest BCUT2D eigenvalue weighted by Crippen LogP contribution is -2.34. The first-order valence-corrected chi connectivity index (χ1v) is 8.66. The van der Waals surface area contributed by atoms with Gasteiger partial charge in [-0.25, -0.2) is 0 Å². The third-order valence-corrected chi connectivity index (χ3v) is 4.52. The van der Waals surface area contributed by atoms with Crippen molar-refractivity contribution in [3.63, 3.8) is 0 Å². The average Bonchev–Trinajstić information content (AvgIpc) is 2.55. The number of aromatic nitrogens is 1. The highest BCUT2D eigenvalue weighted by atomic mass is 16.1. The highest BCUT2D eigenvalue weighted by Crippen LogP contribution is 2.22. The van der Waals surface area contributed by atoms with E-state index in [2.05, 4.69) is 32.2 Å². The Labute approximate surface area is 140 Å². The fourth-order valence-corrected chi connectivity index (χ4v) is 3.02. The van der Waals surface area contributed by atoms with Gasteiger partial charge in [-0.3, -0.25) is 14.7 Å². The minimum absolute atomic E-state index is 0.200. The van der Waals surface area contributed by atoms with Crippen molar-refractivity contribution in [1.29, 1.82) is 0 Å². The number of hydrogen-bond donors (Lipinski definition) is 1. The zero-order chi connectivity index (χ0) is 16.5. The highest BCUT2D eigenvalue weighted by molar-refractivity contribution is 5.75. The van der Waals surface area contributed by atoms with E-state index in [4.69, 9.17) is 0 Å². The molecule has 0 aliphatic carbocycles. The molecule has 0 atom stereocenters. The van der Waals surface area contributed by atoms with Gasteiger partial charge in [0.2, 0.25) is 5.91 Å². The largest absolute Gasteiger partial charge is 0.355 e. The Hall–Kier alpha value is -1.46. The van der Waals surface area contributed by atoms with Crippen molar-refractivity contribution in [2.24, 2.45) is 5.92 Å². The first kappa shape index (κ1) is 17.9. The van der Waals surface area contributed by atoms with Crippen LogP contribution < -0.4 is 5.32 Å². The maximum Gasteiger partial charge on any atom is 0.220 e. The average molecular weight is 318 g/mol. The lowest BCUT2D eigenvalue weighted by atomic mass is 9.92. The van der Waals surface area contributed by atoms with E-state index in [1.807, 2.05) is 26.5 Å². The van der Waals surface area contributed by atoms with E-state index < -0.39 is 0 Å². The fourth-order valence-electron chi connectivity index (χ4n) is 3.02. The predicted octanol–water partition coefficient (Wildman–Crippen LogP) is 1.75. The van der Waals surface area contributed by atoms with Crippen LogP contribution in [0.5, 0.6) is 0 Å². The molecule has 2 rings (SSSR count). The van der Waals surface area contributed by atoms with Crippen molar-refractivity contribution < 1.29 is 4.79 Å². The molecule has 2 heterocycles. The summed E-state index contributed by atoms with van der Waals surface area (Å²) in [5.74, 6) is 0.898. The maximum atomic E-state index is 11.8. The molecule has 1 aromatic heterocycles. The first-order chi connectivity index (χ1) is 11.1. The molecule has 0 spiro atoms. The SMILES string of the molecule is CN(C)CCNC(=O)CCC1CCN(Cc2ccncc2)CC1. The summed E-state index contributed by atoms with van der Waals surface area (Å²) >= 11 is 0. The Morgan fingerprint density at radius 1 is 1.30 bits per heavy atom. The molecular formula is C18H30N4O. The van der Waals surface area contributed by atoms with E-state index in [0.717, 1.165) is 39.1 Å². The molecule has 1 amide bonds. The summed E-state index contributed by atoms with van der Waals surface area (Å²) in [6.07, 6.45) is 7.82. The minimum Gasteiger partial charge on any atom is -0.355 e. The maximum absolute atomic E-state index is 11.8. The van der Waals surface area contributed by atoms with E-state index in [1.165, 1.54) is 18.4 Å². The van der Waals surface area contributed by atoms with Gasteiger partial charge in [0, 0.05) is 38.4 Å². The van der Waals surface area contributed by atoms with Gasteiger partial charge >= 0.3 is 0 Å². The van der Waals surface area contributed by atoms with Crippen molar-refractivity contribution in [2.45, 2.75) is 32.2 Å². The molecule has 0 unspecified atom stereocenters. The van der Waals surface area contributed by atoms with Gasteiger partial charge in [-0.05, 0) is 70.1 Å². The van der Waals surface area contributed by atoms with E-state index >= 15 is 0 Å². The van der Waals surface area contributed by atoms with Crippen molar-refractivity contribution in [1.82, 2.24) is 20.1 Å². The Morgan fingerprint density at radius 2 is 2.00 bits per heavy atom. The van der Waals surface area contributed by atoms with Crippen LogP contribution in [0.4, 0.5) is 0 Å². The Morgan fingerprint density at radius 3 is 2.65 bits per heavy atom. The van der Waals surface area contributed by atoms with Gasteiger partial charge in [0.15, 0.2) is 0 Å². The van der Waals surface area contributed by atoms with Crippen LogP contribution in [0.1, 0.15) is 31.2 Å². The van der Waals surface area contributed by atoms with Crippen LogP contribution >= 0.6 is 0 Å². The van der Waals surface area contributed by atoms with Gasteiger partial charge < -0.3 is 10.2 Å². The molecule has 23 heavy (non-hydrogen) atoms. The van der Waals surface area contributed by atoms with E-state index in [-0.39, 0.29) is 5.91 Å². The molecule has 1 aliphatic rings. The van der Waals surface area contributed by atoms with Crippen LogP contribution in [-0.4, -0.2) is 61.0 Å². The molecule has 1 saturated heterocycles. The third kappa shape index (κ3) is 7.10. The van der Waals surface area contributed by atoms with Gasteiger partial charge in [-0.2, -0.15) is 0 Å². The molecule has 1 fully saturated rings. The Bertz CT molecular complexity index is 455. The second-order valence-corrected chi connectivity index (χ2v) is 6.77. The monoisotopic (exact) mass is 318 g/mol. The number of rotatable bonds is 8. The third-order valence-electron chi connectivity index (χ3n) is 4.52.